The molecule has 0 fully saturated rings. The van der Waals surface area contributed by atoms with Gasteiger partial charge in [0.25, 0.3) is 0 Å². The molecule has 0 unspecified atom stereocenters. The number of para-hydroxylation sites is 1. The molecule has 0 radical (unpaired) electrons. The Morgan fingerprint density at radius 1 is 1.15 bits per heavy atom. The van der Waals surface area contributed by atoms with Crippen molar-refractivity contribution in [3.63, 3.8) is 0 Å². The first-order valence-corrected chi connectivity index (χ1v) is 9.40. The topological polar surface area (TPSA) is 71.5 Å². The summed E-state index contributed by atoms with van der Waals surface area (Å²) >= 11 is 1.49. The molecule has 0 saturated heterocycles. The minimum Gasteiger partial charge on any atom is -0.383 e. The summed E-state index contributed by atoms with van der Waals surface area (Å²) in [4.78, 5) is 30.3. The number of rotatable bonds is 7. The Morgan fingerprint density at radius 3 is 2.56 bits per heavy atom. The van der Waals surface area contributed by atoms with E-state index in [2.05, 4.69) is 10.3 Å². The van der Waals surface area contributed by atoms with E-state index < -0.39 is 0 Å². The number of thiazole rings is 1. The molecular formula is C20H21N3O3S. The van der Waals surface area contributed by atoms with E-state index in [1.165, 1.54) is 18.3 Å². The number of anilines is 2. The average molecular weight is 383 g/mol. The maximum Gasteiger partial charge on any atom is 0.233 e. The predicted molar refractivity (Wildman–Crippen MR) is 108 cm³/mol. The van der Waals surface area contributed by atoms with Crippen LogP contribution in [0.2, 0.25) is 0 Å². The second-order valence-electron chi connectivity index (χ2n) is 6.06. The predicted octanol–water partition coefficient (Wildman–Crippen LogP) is 3.48. The smallest absolute Gasteiger partial charge is 0.233 e. The van der Waals surface area contributed by atoms with E-state index in [1.54, 1.807) is 24.1 Å². The largest absolute Gasteiger partial charge is 0.383 e. The summed E-state index contributed by atoms with van der Waals surface area (Å²) in [7, 11) is 1.61. The van der Waals surface area contributed by atoms with E-state index in [4.69, 9.17) is 4.74 Å². The normalized spacial score (nSPS) is 10.7. The second-order valence-corrected chi connectivity index (χ2v) is 7.07. The number of hydrogen-bond acceptors (Lipinski definition) is 5. The molecule has 1 heterocycles. The Hall–Kier alpha value is -2.77. The third-order valence-electron chi connectivity index (χ3n) is 3.96. The first-order chi connectivity index (χ1) is 13.1. The fourth-order valence-electron chi connectivity index (χ4n) is 2.66. The zero-order chi connectivity index (χ0) is 19.2. The highest BCUT2D eigenvalue weighted by molar-refractivity contribution is 7.22. The lowest BCUT2D eigenvalue weighted by Crippen LogP contribution is -2.35. The van der Waals surface area contributed by atoms with Crippen molar-refractivity contribution >= 4 is 44.2 Å². The van der Waals surface area contributed by atoms with Gasteiger partial charge in [0.15, 0.2) is 5.13 Å². The molecule has 0 aliphatic carbocycles. The van der Waals surface area contributed by atoms with Crippen LogP contribution in [0.4, 0.5) is 10.8 Å². The van der Waals surface area contributed by atoms with E-state index in [-0.39, 0.29) is 18.2 Å². The first kappa shape index (κ1) is 19.0. The molecule has 0 aliphatic heterocycles. The molecule has 7 heteroatoms. The molecule has 0 saturated carbocycles. The Morgan fingerprint density at radius 2 is 1.89 bits per heavy atom. The van der Waals surface area contributed by atoms with E-state index in [1.807, 2.05) is 36.4 Å². The van der Waals surface area contributed by atoms with Crippen molar-refractivity contribution in [3.05, 3.63) is 54.1 Å². The number of fused-ring (bicyclic) bond motifs is 1. The molecule has 1 N–H and O–H groups in total. The lowest BCUT2D eigenvalue weighted by atomic mass is 10.1. The van der Waals surface area contributed by atoms with E-state index in [0.29, 0.717) is 24.0 Å². The summed E-state index contributed by atoms with van der Waals surface area (Å²) < 4.78 is 6.21. The van der Waals surface area contributed by atoms with E-state index in [0.717, 1.165) is 15.8 Å². The second kappa shape index (κ2) is 8.75. The molecule has 2 aromatic carbocycles. The third-order valence-corrected chi connectivity index (χ3v) is 5.02. The summed E-state index contributed by atoms with van der Waals surface area (Å²) in [5.41, 5.74) is 2.46. The number of benzene rings is 2. The first-order valence-electron chi connectivity index (χ1n) is 8.58. The van der Waals surface area contributed by atoms with Crippen LogP contribution in [0.1, 0.15) is 12.5 Å². The maximum absolute atomic E-state index is 12.9. The summed E-state index contributed by atoms with van der Waals surface area (Å²) in [6.07, 6.45) is 0.250. The van der Waals surface area contributed by atoms with Crippen LogP contribution in [0.15, 0.2) is 48.5 Å². The van der Waals surface area contributed by atoms with Crippen LogP contribution < -0.4 is 10.2 Å². The van der Waals surface area contributed by atoms with Crippen LogP contribution in [-0.4, -0.2) is 37.1 Å². The molecule has 140 valence electrons. The molecule has 3 aromatic rings. The van der Waals surface area contributed by atoms with Gasteiger partial charge in [0.2, 0.25) is 11.8 Å². The van der Waals surface area contributed by atoms with Crippen molar-refractivity contribution in [1.29, 1.82) is 0 Å². The summed E-state index contributed by atoms with van der Waals surface area (Å²) in [6, 6.07) is 15.1. The van der Waals surface area contributed by atoms with Crippen LogP contribution in [0.3, 0.4) is 0 Å². The van der Waals surface area contributed by atoms with Crippen molar-refractivity contribution < 1.29 is 14.3 Å². The maximum atomic E-state index is 12.9. The third kappa shape index (κ3) is 4.90. The number of nitrogens with zero attached hydrogens (tertiary/aromatic N) is 2. The molecular weight excluding hydrogens is 362 g/mol. The molecule has 0 aliphatic rings. The highest BCUT2D eigenvalue weighted by Crippen LogP contribution is 2.29. The summed E-state index contributed by atoms with van der Waals surface area (Å²) in [5.74, 6) is -0.168. The molecule has 3 rings (SSSR count). The van der Waals surface area contributed by atoms with Gasteiger partial charge < -0.3 is 10.1 Å². The number of nitrogens with one attached hydrogen (secondary N) is 1. The van der Waals surface area contributed by atoms with Gasteiger partial charge in [-0.3, -0.25) is 14.5 Å². The van der Waals surface area contributed by atoms with Crippen molar-refractivity contribution in [2.75, 3.05) is 30.5 Å². The van der Waals surface area contributed by atoms with Crippen molar-refractivity contribution in [2.24, 2.45) is 0 Å². The van der Waals surface area contributed by atoms with Crippen molar-refractivity contribution in [2.45, 2.75) is 13.3 Å². The van der Waals surface area contributed by atoms with Crippen LogP contribution in [0.25, 0.3) is 10.2 Å². The minimum atomic E-state index is -0.125. The van der Waals surface area contributed by atoms with Gasteiger partial charge in [-0.1, -0.05) is 35.6 Å². The Labute approximate surface area is 161 Å². The zero-order valence-electron chi connectivity index (χ0n) is 15.3. The fourth-order valence-corrected chi connectivity index (χ4v) is 3.67. The number of carbonyl (C=O) groups excluding carboxylic acids is 2. The fraction of sp³-hybridized carbons (Fsp3) is 0.250. The lowest BCUT2D eigenvalue weighted by Gasteiger charge is -2.19. The van der Waals surface area contributed by atoms with Gasteiger partial charge in [0, 0.05) is 19.7 Å². The van der Waals surface area contributed by atoms with Gasteiger partial charge in [0.05, 0.1) is 29.8 Å². The van der Waals surface area contributed by atoms with Gasteiger partial charge >= 0.3 is 0 Å². The van der Waals surface area contributed by atoms with Crippen molar-refractivity contribution in [3.8, 4) is 0 Å². The highest BCUT2D eigenvalue weighted by Gasteiger charge is 2.19. The number of ether oxygens (including phenoxy) is 1. The summed E-state index contributed by atoms with van der Waals surface area (Å²) in [5, 5.41) is 3.39. The SMILES string of the molecule is COCCN(C(=O)Cc1ccc(NC(C)=O)cc1)c1nc2ccccc2s1. The molecule has 1 aromatic heterocycles. The molecule has 0 bridgehead atoms. The molecule has 2 amide bonds. The average Bonchev–Trinajstić information content (AvgIpc) is 3.07. The zero-order valence-corrected chi connectivity index (χ0v) is 16.1. The monoisotopic (exact) mass is 383 g/mol. The molecule has 0 atom stereocenters. The van der Waals surface area contributed by atoms with Gasteiger partial charge in [-0.15, -0.1) is 0 Å². The Balaban J connectivity index is 1.77. The van der Waals surface area contributed by atoms with E-state index in [9.17, 15) is 9.59 Å². The number of methoxy groups -OCH3 is 1. The van der Waals surface area contributed by atoms with Gasteiger partial charge in [-0.2, -0.15) is 0 Å². The van der Waals surface area contributed by atoms with E-state index >= 15 is 0 Å². The lowest BCUT2D eigenvalue weighted by molar-refractivity contribution is -0.118. The number of carbonyl (C=O) groups is 2. The quantitative estimate of drug-likeness (QED) is 0.678. The molecule has 27 heavy (non-hydrogen) atoms. The summed E-state index contributed by atoms with van der Waals surface area (Å²) in [6.45, 7) is 2.34. The highest BCUT2D eigenvalue weighted by atomic mass is 32.1. The molecule has 6 nitrogen and oxygen atoms in total. The number of aromatic nitrogens is 1. The minimum absolute atomic E-state index is 0.0432. The molecule has 0 spiro atoms. The van der Waals surface area contributed by atoms with Crippen LogP contribution in [0.5, 0.6) is 0 Å². The number of amides is 2. The standard InChI is InChI=1S/C20H21N3O3S/c1-14(24)21-16-9-7-15(8-10-16)13-19(25)23(11-12-26-2)20-22-17-5-3-4-6-18(17)27-20/h3-10H,11-13H2,1-2H3,(H,21,24). The number of hydrogen-bond donors (Lipinski definition) is 1. The van der Waals surface area contributed by atoms with Crippen LogP contribution >= 0.6 is 11.3 Å². The van der Waals surface area contributed by atoms with Crippen molar-refractivity contribution in [1.82, 2.24) is 4.98 Å². The van der Waals surface area contributed by atoms with Gasteiger partial charge in [0.1, 0.15) is 0 Å². The van der Waals surface area contributed by atoms with Crippen LogP contribution in [-0.2, 0) is 20.7 Å². The Bertz CT molecular complexity index is 904. The Kier molecular flexibility index (Phi) is 6.16. The van der Waals surface area contributed by atoms with Crippen LogP contribution in [0, 0.1) is 0 Å². The van der Waals surface area contributed by atoms with Gasteiger partial charge in [-0.25, -0.2) is 4.98 Å². The van der Waals surface area contributed by atoms with Gasteiger partial charge in [-0.05, 0) is 29.8 Å².